The van der Waals surface area contributed by atoms with Gasteiger partial charge in [0.2, 0.25) is 0 Å². The lowest BCUT2D eigenvalue weighted by Gasteiger charge is -2.19. The van der Waals surface area contributed by atoms with Gasteiger partial charge in [-0.3, -0.25) is 0 Å². The third-order valence-corrected chi connectivity index (χ3v) is 4.22. The van der Waals surface area contributed by atoms with Gasteiger partial charge in [0.15, 0.2) is 0 Å². The highest BCUT2D eigenvalue weighted by Gasteiger charge is 2.39. The number of aliphatic hydroxyl groups is 3. The molecule has 5 unspecified atom stereocenters. The summed E-state index contributed by atoms with van der Waals surface area (Å²) in [5, 5.41) is 29.9. The molecule has 3 nitrogen and oxygen atoms in total. The zero-order valence-electron chi connectivity index (χ0n) is 12.8. The molecule has 0 saturated heterocycles. The quantitative estimate of drug-likeness (QED) is 0.474. The largest absolute Gasteiger partial charge is 0.393 e. The van der Waals surface area contributed by atoms with Crippen molar-refractivity contribution in [3.05, 3.63) is 24.3 Å². The second-order valence-corrected chi connectivity index (χ2v) is 5.86. The van der Waals surface area contributed by atoms with Crippen molar-refractivity contribution in [2.45, 2.75) is 70.7 Å². The summed E-state index contributed by atoms with van der Waals surface area (Å²) in [5.41, 5.74) is 0. The summed E-state index contributed by atoms with van der Waals surface area (Å²) in [6, 6.07) is 0. The number of allylic oxidation sites excluding steroid dienone is 2. The van der Waals surface area contributed by atoms with Crippen LogP contribution >= 0.6 is 0 Å². The number of aliphatic hydroxyl groups excluding tert-OH is 3. The minimum atomic E-state index is -0.501. The fraction of sp³-hybridized carbons (Fsp3) is 0.765. The molecular formula is C17H30O3. The van der Waals surface area contributed by atoms with Gasteiger partial charge in [0.25, 0.3) is 0 Å². The third kappa shape index (κ3) is 5.39. The summed E-state index contributed by atoms with van der Waals surface area (Å²) in [7, 11) is 0. The van der Waals surface area contributed by atoms with E-state index in [0.29, 0.717) is 6.42 Å². The Kier molecular flexibility index (Phi) is 8.12. The first-order valence-corrected chi connectivity index (χ1v) is 7.93. The molecule has 0 aliphatic heterocycles. The van der Waals surface area contributed by atoms with Gasteiger partial charge in [-0.25, -0.2) is 0 Å². The minimum absolute atomic E-state index is 0.0537. The first kappa shape index (κ1) is 17.4. The van der Waals surface area contributed by atoms with E-state index in [1.807, 2.05) is 25.2 Å². The van der Waals surface area contributed by atoms with Gasteiger partial charge in [0.1, 0.15) is 0 Å². The maximum atomic E-state index is 10.0. The van der Waals surface area contributed by atoms with E-state index in [-0.39, 0.29) is 11.8 Å². The van der Waals surface area contributed by atoms with Crippen LogP contribution in [-0.4, -0.2) is 33.6 Å². The van der Waals surface area contributed by atoms with E-state index in [4.69, 9.17) is 0 Å². The molecule has 0 aromatic heterocycles. The summed E-state index contributed by atoms with van der Waals surface area (Å²) >= 11 is 0. The van der Waals surface area contributed by atoms with Gasteiger partial charge in [-0.1, -0.05) is 50.5 Å². The predicted octanol–water partition coefficient (Wildman–Crippen LogP) is 2.81. The highest BCUT2D eigenvalue weighted by molar-refractivity contribution is 5.05. The summed E-state index contributed by atoms with van der Waals surface area (Å²) in [5.74, 6) is 0.00215. The van der Waals surface area contributed by atoms with Crippen molar-refractivity contribution >= 4 is 0 Å². The molecule has 0 spiro atoms. The maximum absolute atomic E-state index is 10.0. The smallest absolute Gasteiger partial charge is 0.0721 e. The SMILES string of the molecule is C/C=C/CC1C(O)CC(O)C1/C=C/C(O)CCCCC. The summed E-state index contributed by atoms with van der Waals surface area (Å²) in [4.78, 5) is 0. The molecule has 20 heavy (non-hydrogen) atoms. The first-order valence-electron chi connectivity index (χ1n) is 7.93. The van der Waals surface area contributed by atoms with Crippen LogP contribution in [0.2, 0.25) is 0 Å². The molecule has 0 radical (unpaired) electrons. The normalized spacial score (nSPS) is 32.5. The predicted molar refractivity (Wildman–Crippen MR) is 82.3 cm³/mol. The van der Waals surface area contributed by atoms with Crippen molar-refractivity contribution in [3.63, 3.8) is 0 Å². The van der Waals surface area contributed by atoms with E-state index in [2.05, 4.69) is 6.92 Å². The summed E-state index contributed by atoms with van der Waals surface area (Å²) in [6.45, 7) is 4.10. The van der Waals surface area contributed by atoms with Gasteiger partial charge in [-0.15, -0.1) is 0 Å². The van der Waals surface area contributed by atoms with Crippen LogP contribution in [0.3, 0.4) is 0 Å². The van der Waals surface area contributed by atoms with Gasteiger partial charge < -0.3 is 15.3 Å². The second kappa shape index (κ2) is 9.32. The Morgan fingerprint density at radius 2 is 1.95 bits per heavy atom. The van der Waals surface area contributed by atoms with Gasteiger partial charge in [-0.05, 0) is 25.7 Å². The highest BCUT2D eigenvalue weighted by atomic mass is 16.3. The fourth-order valence-electron chi connectivity index (χ4n) is 2.96. The molecule has 0 aromatic rings. The van der Waals surface area contributed by atoms with Crippen LogP contribution in [0, 0.1) is 11.8 Å². The fourth-order valence-corrected chi connectivity index (χ4v) is 2.96. The zero-order valence-corrected chi connectivity index (χ0v) is 12.8. The van der Waals surface area contributed by atoms with Crippen molar-refractivity contribution in [2.24, 2.45) is 11.8 Å². The van der Waals surface area contributed by atoms with Crippen molar-refractivity contribution in [3.8, 4) is 0 Å². The Balaban J connectivity index is 2.53. The van der Waals surface area contributed by atoms with Crippen molar-refractivity contribution in [1.82, 2.24) is 0 Å². The molecule has 3 heteroatoms. The van der Waals surface area contributed by atoms with Gasteiger partial charge in [0.05, 0.1) is 18.3 Å². The molecule has 3 N–H and O–H groups in total. The lowest BCUT2D eigenvalue weighted by Crippen LogP contribution is -2.20. The molecule has 1 aliphatic rings. The molecule has 1 fully saturated rings. The van der Waals surface area contributed by atoms with E-state index >= 15 is 0 Å². The average molecular weight is 282 g/mol. The lowest BCUT2D eigenvalue weighted by molar-refractivity contribution is 0.120. The molecule has 1 saturated carbocycles. The van der Waals surface area contributed by atoms with Crippen molar-refractivity contribution in [1.29, 1.82) is 0 Å². The molecule has 1 rings (SSSR count). The van der Waals surface area contributed by atoms with Crippen LogP contribution in [0.1, 0.15) is 52.4 Å². The minimum Gasteiger partial charge on any atom is -0.393 e. The molecule has 0 bridgehead atoms. The Bertz CT molecular complexity index is 311. The number of rotatable bonds is 8. The van der Waals surface area contributed by atoms with Crippen LogP contribution in [-0.2, 0) is 0 Å². The van der Waals surface area contributed by atoms with E-state index in [1.54, 1.807) is 6.08 Å². The Morgan fingerprint density at radius 3 is 2.60 bits per heavy atom. The molecule has 0 heterocycles. The van der Waals surface area contributed by atoms with E-state index in [9.17, 15) is 15.3 Å². The number of hydrogen-bond donors (Lipinski definition) is 3. The molecule has 1 aliphatic carbocycles. The van der Waals surface area contributed by atoms with Crippen LogP contribution in [0.15, 0.2) is 24.3 Å². The second-order valence-electron chi connectivity index (χ2n) is 5.86. The van der Waals surface area contributed by atoms with Crippen molar-refractivity contribution in [2.75, 3.05) is 0 Å². The first-order chi connectivity index (χ1) is 9.60. The standard InChI is InChI=1S/C17H30O3/c1-3-5-7-8-13(18)10-11-15-14(9-6-4-2)16(19)12-17(15)20/h4,6,10-11,13-20H,3,5,7-9,12H2,1-2H3/b6-4+,11-10+. The summed E-state index contributed by atoms with van der Waals surface area (Å²) in [6.07, 6.45) is 11.6. The molecular weight excluding hydrogens is 252 g/mol. The van der Waals surface area contributed by atoms with E-state index in [1.165, 1.54) is 0 Å². The Morgan fingerprint density at radius 1 is 1.20 bits per heavy atom. The van der Waals surface area contributed by atoms with Crippen LogP contribution in [0.4, 0.5) is 0 Å². The lowest BCUT2D eigenvalue weighted by atomic mass is 9.89. The summed E-state index contributed by atoms with van der Waals surface area (Å²) < 4.78 is 0. The number of hydrogen-bond acceptors (Lipinski definition) is 3. The average Bonchev–Trinajstić information content (AvgIpc) is 2.68. The molecule has 5 atom stereocenters. The van der Waals surface area contributed by atoms with Gasteiger partial charge in [0, 0.05) is 12.3 Å². The highest BCUT2D eigenvalue weighted by Crippen LogP contribution is 2.36. The van der Waals surface area contributed by atoms with Crippen LogP contribution < -0.4 is 0 Å². The molecule has 116 valence electrons. The van der Waals surface area contributed by atoms with Crippen LogP contribution in [0.5, 0.6) is 0 Å². The van der Waals surface area contributed by atoms with E-state index < -0.39 is 18.3 Å². The number of unbranched alkanes of at least 4 members (excludes halogenated alkanes) is 2. The Labute approximate surface area is 123 Å². The topological polar surface area (TPSA) is 60.7 Å². The zero-order chi connectivity index (χ0) is 15.0. The van der Waals surface area contributed by atoms with Crippen molar-refractivity contribution < 1.29 is 15.3 Å². The third-order valence-electron chi connectivity index (χ3n) is 4.22. The van der Waals surface area contributed by atoms with E-state index in [0.717, 1.165) is 32.1 Å². The monoisotopic (exact) mass is 282 g/mol. The molecule has 0 amide bonds. The maximum Gasteiger partial charge on any atom is 0.0721 e. The van der Waals surface area contributed by atoms with Gasteiger partial charge in [-0.2, -0.15) is 0 Å². The Hall–Kier alpha value is -0.640. The molecule has 0 aromatic carbocycles. The van der Waals surface area contributed by atoms with Gasteiger partial charge >= 0.3 is 0 Å². The van der Waals surface area contributed by atoms with Crippen LogP contribution in [0.25, 0.3) is 0 Å².